The van der Waals surface area contributed by atoms with Gasteiger partial charge in [0.1, 0.15) is 0 Å². The maximum atomic E-state index is 5.89. The lowest BCUT2D eigenvalue weighted by molar-refractivity contribution is 1.22. The molecule has 0 aromatic heterocycles. The zero-order valence-corrected chi connectivity index (χ0v) is 10.2. The van der Waals surface area contributed by atoms with Gasteiger partial charge in [-0.25, -0.2) is 0 Å². The fraction of sp³-hybridized carbons (Fsp3) is 0.200. The van der Waals surface area contributed by atoms with Crippen LogP contribution in [-0.4, -0.2) is 10.2 Å². The molecule has 1 aromatic rings. The van der Waals surface area contributed by atoms with Gasteiger partial charge in [0, 0.05) is 15.3 Å². The second kappa shape index (κ2) is 4.48. The van der Waals surface area contributed by atoms with Gasteiger partial charge >= 0.3 is 0 Å². The average Bonchev–Trinajstić information content (AvgIpc) is 2.06. The van der Waals surface area contributed by atoms with Gasteiger partial charge in [0.25, 0.3) is 0 Å². The summed E-state index contributed by atoms with van der Waals surface area (Å²) >= 11 is 5.89. The van der Waals surface area contributed by atoms with E-state index in [1.54, 1.807) is 0 Å². The maximum Gasteiger partial charge on any atom is 0.0352 e. The Bertz CT molecular complexity index is 273. The zero-order valence-electron chi connectivity index (χ0n) is 7.47. The van der Waals surface area contributed by atoms with Crippen molar-refractivity contribution in [3.05, 3.63) is 46.1 Å². The second-order valence-electron chi connectivity index (χ2n) is 2.98. The number of allylic oxidation sites excluding steroid dienone is 2. The minimum absolute atomic E-state index is 0.963. The van der Waals surface area contributed by atoms with E-state index in [9.17, 15) is 0 Å². The molecule has 0 unspecified atom stereocenters. The molecule has 0 aliphatic carbocycles. The summed E-state index contributed by atoms with van der Waals surface area (Å²) in [6, 6.07) is 10.4. The van der Waals surface area contributed by atoms with Crippen molar-refractivity contribution in [2.45, 2.75) is 13.3 Å². The topological polar surface area (TPSA) is 0 Å². The Morgan fingerprint density at radius 1 is 1.33 bits per heavy atom. The van der Waals surface area contributed by atoms with Gasteiger partial charge in [0.05, 0.1) is 0 Å². The molecule has 0 nitrogen and oxygen atoms in total. The summed E-state index contributed by atoms with van der Waals surface area (Å²) in [4.78, 5) is 0. The molecule has 0 heterocycles. The van der Waals surface area contributed by atoms with Crippen molar-refractivity contribution >= 4 is 21.8 Å². The summed E-state index contributed by atoms with van der Waals surface area (Å²) < 4.78 is 0. The van der Waals surface area contributed by atoms with Crippen LogP contribution in [0.15, 0.2) is 40.6 Å². The van der Waals surface area contributed by atoms with E-state index in [1.165, 1.54) is 10.8 Å². The van der Waals surface area contributed by atoms with Gasteiger partial charge < -0.3 is 0 Å². The molecular formula is C10H13ClSi. The standard InChI is InChI=1S/C10H13ClSi/c1-8(11)10(12)7-9-5-3-2-4-6-9/h2-6H,7H2,1,12H3. The van der Waals surface area contributed by atoms with Crippen LogP contribution in [0.3, 0.4) is 0 Å². The Morgan fingerprint density at radius 2 is 1.92 bits per heavy atom. The van der Waals surface area contributed by atoms with E-state index in [2.05, 4.69) is 24.3 Å². The van der Waals surface area contributed by atoms with Crippen LogP contribution in [0.5, 0.6) is 0 Å². The highest BCUT2D eigenvalue weighted by Crippen LogP contribution is 2.11. The Kier molecular flexibility index (Phi) is 3.57. The van der Waals surface area contributed by atoms with Crippen LogP contribution in [0.1, 0.15) is 12.5 Å². The molecule has 0 N–H and O–H groups in total. The van der Waals surface area contributed by atoms with Crippen LogP contribution in [0.2, 0.25) is 0 Å². The van der Waals surface area contributed by atoms with E-state index in [4.69, 9.17) is 11.6 Å². The monoisotopic (exact) mass is 196 g/mol. The third kappa shape index (κ3) is 2.84. The largest absolute Gasteiger partial charge is 0.0900 e. The number of halogens is 1. The lowest BCUT2D eigenvalue weighted by atomic mass is 10.1. The van der Waals surface area contributed by atoms with E-state index in [-0.39, 0.29) is 0 Å². The number of hydrogen-bond acceptors (Lipinski definition) is 0. The molecule has 2 heteroatoms. The molecule has 0 saturated heterocycles. The van der Waals surface area contributed by atoms with Gasteiger partial charge in [-0.2, -0.15) is 0 Å². The maximum absolute atomic E-state index is 5.89. The summed E-state index contributed by atoms with van der Waals surface area (Å²) in [7, 11) is 1.06. The quantitative estimate of drug-likeness (QED) is 0.636. The van der Waals surface area contributed by atoms with E-state index < -0.39 is 0 Å². The van der Waals surface area contributed by atoms with E-state index in [0.717, 1.165) is 21.7 Å². The third-order valence-corrected chi connectivity index (χ3v) is 3.64. The number of benzene rings is 1. The van der Waals surface area contributed by atoms with Crippen molar-refractivity contribution in [1.29, 1.82) is 0 Å². The van der Waals surface area contributed by atoms with Crippen molar-refractivity contribution in [2.24, 2.45) is 0 Å². The molecule has 0 fully saturated rings. The van der Waals surface area contributed by atoms with Gasteiger partial charge in [-0.05, 0) is 18.9 Å². The van der Waals surface area contributed by atoms with E-state index in [1.807, 2.05) is 13.0 Å². The molecule has 1 aromatic carbocycles. The summed E-state index contributed by atoms with van der Waals surface area (Å²) in [6.07, 6.45) is 1.02. The average molecular weight is 197 g/mol. The highest BCUT2D eigenvalue weighted by Gasteiger charge is 1.95. The van der Waals surface area contributed by atoms with Crippen LogP contribution in [0.4, 0.5) is 0 Å². The van der Waals surface area contributed by atoms with Gasteiger partial charge in [-0.1, -0.05) is 47.1 Å². The molecule has 0 radical (unpaired) electrons. The predicted octanol–water partition coefficient (Wildman–Crippen LogP) is 2.06. The Balaban J connectivity index is 2.72. The molecule has 0 saturated carbocycles. The smallest absolute Gasteiger partial charge is 0.0352 e. The Labute approximate surface area is 81.7 Å². The lowest BCUT2D eigenvalue weighted by Gasteiger charge is -2.01. The number of hydrogen-bond donors (Lipinski definition) is 0. The normalized spacial score (nSPS) is 12.8. The second-order valence-corrected chi connectivity index (χ2v) is 4.75. The molecule has 0 aliphatic rings. The Hall–Kier alpha value is -0.533. The molecule has 1 rings (SSSR count). The van der Waals surface area contributed by atoms with Crippen LogP contribution in [0.25, 0.3) is 0 Å². The molecule has 0 spiro atoms. The first-order valence-electron chi connectivity index (χ1n) is 4.06. The lowest BCUT2D eigenvalue weighted by Crippen LogP contribution is -1.90. The van der Waals surface area contributed by atoms with Gasteiger partial charge in [0.15, 0.2) is 0 Å². The van der Waals surface area contributed by atoms with E-state index in [0.29, 0.717) is 0 Å². The summed E-state index contributed by atoms with van der Waals surface area (Å²) in [6.45, 7) is 1.97. The van der Waals surface area contributed by atoms with Crippen LogP contribution >= 0.6 is 11.6 Å². The van der Waals surface area contributed by atoms with Crippen LogP contribution in [-0.2, 0) is 6.42 Å². The van der Waals surface area contributed by atoms with Crippen molar-refractivity contribution in [3.8, 4) is 0 Å². The molecular weight excluding hydrogens is 184 g/mol. The fourth-order valence-electron chi connectivity index (χ4n) is 1.02. The molecule has 12 heavy (non-hydrogen) atoms. The van der Waals surface area contributed by atoms with Crippen molar-refractivity contribution < 1.29 is 0 Å². The summed E-state index contributed by atoms with van der Waals surface area (Å²) in [5.74, 6) is 0. The van der Waals surface area contributed by atoms with Crippen molar-refractivity contribution in [1.82, 2.24) is 0 Å². The fourth-order valence-corrected chi connectivity index (χ4v) is 1.50. The molecule has 64 valence electrons. The number of rotatable bonds is 2. The third-order valence-electron chi connectivity index (χ3n) is 1.90. The first-order valence-corrected chi connectivity index (χ1v) is 5.43. The highest BCUT2D eigenvalue weighted by atomic mass is 35.5. The van der Waals surface area contributed by atoms with Gasteiger partial charge in [-0.15, -0.1) is 0 Å². The first-order chi connectivity index (χ1) is 5.70. The van der Waals surface area contributed by atoms with Gasteiger partial charge in [0.2, 0.25) is 0 Å². The van der Waals surface area contributed by atoms with E-state index >= 15 is 0 Å². The predicted molar refractivity (Wildman–Crippen MR) is 58.6 cm³/mol. The molecule has 0 amide bonds. The highest BCUT2D eigenvalue weighted by molar-refractivity contribution is 6.35. The molecule has 0 aliphatic heterocycles. The molecule has 0 atom stereocenters. The summed E-state index contributed by atoms with van der Waals surface area (Å²) in [5.41, 5.74) is 1.35. The summed E-state index contributed by atoms with van der Waals surface area (Å²) in [5, 5.41) is 2.34. The SMILES string of the molecule is CC(Cl)=C([SiH3])Cc1ccccc1. The molecule has 0 bridgehead atoms. The first kappa shape index (κ1) is 9.55. The van der Waals surface area contributed by atoms with Crippen LogP contribution in [0, 0.1) is 0 Å². The minimum atomic E-state index is 0.963. The minimum Gasteiger partial charge on any atom is -0.0900 e. The zero-order chi connectivity index (χ0) is 8.97. The van der Waals surface area contributed by atoms with Gasteiger partial charge in [-0.3, -0.25) is 0 Å². The van der Waals surface area contributed by atoms with Crippen molar-refractivity contribution in [3.63, 3.8) is 0 Å². The van der Waals surface area contributed by atoms with Crippen LogP contribution < -0.4 is 0 Å². The van der Waals surface area contributed by atoms with Crippen molar-refractivity contribution in [2.75, 3.05) is 0 Å². The Morgan fingerprint density at radius 3 is 2.42 bits per heavy atom.